The van der Waals surface area contributed by atoms with Crippen molar-refractivity contribution < 1.29 is 14.3 Å². The molecule has 0 radical (unpaired) electrons. The van der Waals surface area contributed by atoms with Gasteiger partial charge in [-0.1, -0.05) is 26.2 Å². The first kappa shape index (κ1) is 14.0. The number of hydrogen-bond acceptors (Lipinski definition) is 3. The van der Waals surface area contributed by atoms with Crippen LogP contribution in [0.25, 0.3) is 0 Å². The van der Waals surface area contributed by atoms with E-state index in [-0.39, 0.29) is 5.60 Å². The van der Waals surface area contributed by atoms with Crippen molar-refractivity contribution in [2.75, 3.05) is 13.2 Å². The molecule has 2 aliphatic rings. The summed E-state index contributed by atoms with van der Waals surface area (Å²) in [6.45, 7) is 3.92. The van der Waals surface area contributed by atoms with E-state index in [1.54, 1.807) is 0 Å². The number of ether oxygens (including phenoxy) is 2. The topological polar surface area (TPSA) is 35.5 Å². The Hall–Kier alpha value is -0.410. The maximum absolute atomic E-state index is 10.7. The average molecular weight is 254 g/mol. The van der Waals surface area contributed by atoms with Crippen molar-refractivity contribution in [3.05, 3.63) is 0 Å². The van der Waals surface area contributed by atoms with Crippen molar-refractivity contribution in [3.63, 3.8) is 0 Å². The van der Waals surface area contributed by atoms with Gasteiger partial charge in [0.05, 0.1) is 18.3 Å². The zero-order valence-electron chi connectivity index (χ0n) is 11.5. The molecular formula is C15H26O3. The van der Waals surface area contributed by atoms with Crippen LogP contribution in [0.15, 0.2) is 0 Å². The van der Waals surface area contributed by atoms with Crippen molar-refractivity contribution in [2.24, 2.45) is 5.92 Å². The van der Waals surface area contributed by atoms with Crippen LogP contribution in [-0.4, -0.2) is 31.2 Å². The van der Waals surface area contributed by atoms with Gasteiger partial charge in [0.15, 0.2) is 0 Å². The molecule has 0 N–H and O–H groups in total. The molecule has 3 atom stereocenters. The number of carbonyl (C=O) groups is 1. The Morgan fingerprint density at radius 3 is 3.06 bits per heavy atom. The number of carbonyl (C=O) groups excluding carboxylic acids is 1. The second-order valence-electron chi connectivity index (χ2n) is 5.85. The standard InChI is InChI=1S/C15H26O3/c1-2-3-4-5-10-17-12-13-11-15(8-9-16)7-6-14(13)18-15/h9,13-14H,2-8,10-12H2,1H3/t13-,14+,15+/m0/s1. The van der Waals surface area contributed by atoms with E-state index in [1.807, 2.05) is 0 Å². The van der Waals surface area contributed by atoms with Crippen LogP contribution in [0.5, 0.6) is 0 Å². The Bertz CT molecular complexity index is 266. The number of rotatable bonds is 9. The van der Waals surface area contributed by atoms with Crippen LogP contribution in [0.4, 0.5) is 0 Å². The first-order valence-electron chi connectivity index (χ1n) is 7.49. The molecule has 0 amide bonds. The average Bonchev–Trinajstić information content (AvgIpc) is 2.91. The second kappa shape index (κ2) is 6.67. The molecule has 0 aromatic rings. The molecule has 2 aliphatic heterocycles. The van der Waals surface area contributed by atoms with Crippen molar-refractivity contribution in [1.82, 2.24) is 0 Å². The van der Waals surface area contributed by atoms with Crippen LogP contribution in [0, 0.1) is 5.92 Å². The molecule has 0 saturated carbocycles. The summed E-state index contributed by atoms with van der Waals surface area (Å²) in [6.07, 6.45) is 10.1. The summed E-state index contributed by atoms with van der Waals surface area (Å²) < 4.78 is 11.8. The van der Waals surface area contributed by atoms with Crippen molar-refractivity contribution in [2.45, 2.75) is 70.0 Å². The summed E-state index contributed by atoms with van der Waals surface area (Å²) in [5, 5.41) is 0. The molecule has 0 aromatic carbocycles. The zero-order chi connectivity index (χ0) is 12.8. The lowest BCUT2D eigenvalue weighted by molar-refractivity contribution is -0.112. The predicted molar refractivity (Wildman–Crippen MR) is 70.6 cm³/mol. The highest BCUT2D eigenvalue weighted by Crippen LogP contribution is 2.48. The normalized spacial score (nSPS) is 34.1. The lowest BCUT2D eigenvalue weighted by atomic mass is 9.80. The molecule has 0 unspecified atom stereocenters. The van der Waals surface area contributed by atoms with Gasteiger partial charge in [-0.05, 0) is 25.7 Å². The van der Waals surface area contributed by atoms with Crippen molar-refractivity contribution in [3.8, 4) is 0 Å². The lowest BCUT2D eigenvalue weighted by Crippen LogP contribution is -2.28. The van der Waals surface area contributed by atoms with E-state index in [2.05, 4.69) is 6.92 Å². The van der Waals surface area contributed by atoms with Crippen molar-refractivity contribution in [1.29, 1.82) is 0 Å². The van der Waals surface area contributed by atoms with E-state index in [0.717, 1.165) is 38.8 Å². The minimum atomic E-state index is -0.122. The number of hydrogen-bond donors (Lipinski definition) is 0. The fourth-order valence-electron chi connectivity index (χ4n) is 3.35. The van der Waals surface area contributed by atoms with Gasteiger partial charge in [0, 0.05) is 18.9 Å². The Labute approximate surface area is 110 Å². The minimum absolute atomic E-state index is 0.122. The van der Waals surface area contributed by atoms with Gasteiger partial charge in [-0.15, -0.1) is 0 Å². The van der Waals surface area contributed by atoms with Gasteiger partial charge < -0.3 is 14.3 Å². The molecule has 2 rings (SSSR count). The quantitative estimate of drug-likeness (QED) is 0.468. The molecule has 18 heavy (non-hydrogen) atoms. The van der Waals surface area contributed by atoms with Crippen LogP contribution in [0.2, 0.25) is 0 Å². The summed E-state index contributed by atoms with van der Waals surface area (Å²) in [7, 11) is 0. The second-order valence-corrected chi connectivity index (χ2v) is 5.85. The molecule has 2 saturated heterocycles. The fraction of sp³-hybridized carbons (Fsp3) is 0.933. The Morgan fingerprint density at radius 2 is 2.28 bits per heavy atom. The molecule has 2 fully saturated rings. The maximum atomic E-state index is 10.7. The van der Waals surface area contributed by atoms with Gasteiger partial charge in [-0.3, -0.25) is 0 Å². The molecular weight excluding hydrogens is 228 g/mol. The summed E-state index contributed by atoms with van der Waals surface area (Å²) in [5.41, 5.74) is -0.122. The van der Waals surface area contributed by atoms with Gasteiger partial charge >= 0.3 is 0 Å². The molecule has 0 aromatic heterocycles. The Kier molecular flexibility index (Phi) is 5.19. The SMILES string of the molecule is CCCCCCOC[C@@H]1C[C@]2(CC=O)CC[C@H]1O2. The molecule has 104 valence electrons. The Balaban J connectivity index is 1.62. The summed E-state index contributed by atoms with van der Waals surface area (Å²) >= 11 is 0. The molecule has 2 heterocycles. The van der Waals surface area contributed by atoms with E-state index >= 15 is 0 Å². The summed E-state index contributed by atoms with van der Waals surface area (Å²) in [6, 6.07) is 0. The minimum Gasteiger partial charge on any atom is -0.381 e. The van der Waals surface area contributed by atoms with Gasteiger partial charge in [-0.2, -0.15) is 0 Å². The first-order chi connectivity index (χ1) is 8.79. The van der Waals surface area contributed by atoms with E-state index in [0.29, 0.717) is 18.4 Å². The van der Waals surface area contributed by atoms with E-state index in [1.165, 1.54) is 25.7 Å². The highest BCUT2D eigenvalue weighted by Gasteiger charge is 2.51. The van der Waals surface area contributed by atoms with Gasteiger partial charge in [0.1, 0.15) is 6.29 Å². The third-order valence-corrected chi connectivity index (χ3v) is 4.38. The maximum Gasteiger partial charge on any atom is 0.122 e. The Morgan fingerprint density at radius 1 is 1.39 bits per heavy atom. The third-order valence-electron chi connectivity index (χ3n) is 4.38. The highest BCUT2D eigenvalue weighted by molar-refractivity contribution is 5.51. The number of fused-ring (bicyclic) bond motifs is 2. The monoisotopic (exact) mass is 254 g/mol. The number of aldehydes is 1. The molecule has 3 nitrogen and oxygen atoms in total. The van der Waals surface area contributed by atoms with Gasteiger partial charge in [0.2, 0.25) is 0 Å². The van der Waals surface area contributed by atoms with E-state index < -0.39 is 0 Å². The molecule has 0 spiro atoms. The van der Waals surface area contributed by atoms with E-state index in [4.69, 9.17) is 9.47 Å². The molecule has 2 bridgehead atoms. The van der Waals surface area contributed by atoms with Crippen LogP contribution in [0.1, 0.15) is 58.3 Å². The predicted octanol–water partition coefficient (Wildman–Crippen LogP) is 3.11. The van der Waals surface area contributed by atoms with Crippen molar-refractivity contribution >= 4 is 6.29 Å². The van der Waals surface area contributed by atoms with Crippen LogP contribution < -0.4 is 0 Å². The molecule has 3 heteroatoms. The zero-order valence-corrected chi connectivity index (χ0v) is 11.5. The highest BCUT2D eigenvalue weighted by atomic mass is 16.5. The van der Waals surface area contributed by atoms with E-state index in [9.17, 15) is 4.79 Å². The third kappa shape index (κ3) is 3.33. The lowest BCUT2D eigenvalue weighted by Gasteiger charge is -2.24. The molecule has 0 aliphatic carbocycles. The van der Waals surface area contributed by atoms with Crippen LogP contribution in [0.3, 0.4) is 0 Å². The smallest absolute Gasteiger partial charge is 0.122 e. The van der Waals surface area contributed by atoms with Crippen LogP contribution >= 0.6 is 0 Å². The summed E-state index contributed by atoms with van der Waals surface area (Å²) in [4.78, 5) is 10.7. The number of unbranched alkanes of at least 4 members (excludes halogenated alkanes) is 3. The first-order valence-corrected chi connectivity index (χ1v) is 7.49. The summed E-state index contributed by atoms with van der Waals surface area (Å²) in [5.74, 6) is 0.518. The largest absolute Gasteiger partial charge is 0.381 e. The fourth-order valence-corrected chi connectivity index (χ4v) is 3.35. The van der Waals surface area contributed by atoms with Gasteiger partial charge in [0.25, 0.3) is 0 Å². The van der Waals surface area contributed by atoms with Gasteiger partial charge in [-0.25, -0.2) is 0 Å². The van der Waals surface area contributed by atoms with Crippen LogP contribution in [-0.2, 0) is 14.3 Å².